The molecular formula is C20H26N2O6. The van der Waals surface area contributed by atoms with Gasteiger partial charge >= 0.3 is 12.0 Å². The summed E-state index contributed by atoms with van der Waals surface area (Å²) in [4.78, 5) is 24.8. The molecule has 0 spiro atoms. The number of carbonyl (C=O) groups excluding carboxylic acids is 2. The maximum atomic E-state index is 12.8. The number of ether oxygens (including phenoxy) is 4. The molecule has 0 saturated carbocycles. The molecule has 1 aromatic rings. The van der Waals surface area contributed by atoms with E-state index in [4.69, 9.17) is 18.9 Å². The van der Waals surface area contributed by atoms with Gasteiger partial charge in [0.15, 0.2) is 11.5 Å². The topological polar surface area (TPSA) is 95.1 Å². The van der Waals surface area contributed by atoms with Crippen molar-refractivity contribution < 1.29 is 28.5 Å². The normalized spacial score (nSPS) is 21.8. The van der Waals surface area contributed by atoms with E-state index in [2.05, 4.69) is 10.6 Å². The summed E-state index contributed by atoms with van der Waals surface area (Å²) < 4.78 is 21.9. The van der Waals surface area contributed by atoms with Gasteiger partial charge in [-0.15, -0.1) is 0 Å². The summed E-state index contributed by atoms with van der Waals surface area (Å²) in [6, 6.07) is 4.27. The summed E-state index contributed by atoms with van der Waals surface area (Å²) in [6.45, 7) is 4.95. The molecule has 2 atom stereocenters. The molecule has 2 N–H and O–H groups in total. The molecule has 3 rings (SSSR count). The highest BCUT2D eigenvalue weighted by molar-refractivity contribution is 5.95. The van der Waals surface area contributed by atoms with Gasteiger partial charge in [-0.25, -0.2) is 9.59 Å². The van der Waals surface area contributed by atoms with E-state index >= 15 is 0 Å². The van der Waals surface area contributed by atoms with Crippen molar-refractivity contribution in [3.8, 4) is 11.5 Å². The average Bonchev–Trinajstić information content (AvgIpc) is 3.19. The standard InChI is InChI=1S/C20H26N2O6/c1-4-26-15-8-7-13(10-16(15)25-3)18-17(12(2)21-20(24)22-18)19(23)28-11-14-6-5-9-27-14/h7-8,10,14,18H,4-6,9,11H2,1-3H3,(H2,21,22,24)/t14-,18+/m0/s1. The van der Waals surface area contributed by atoms with Gasteiger partial charge in [0, 0.05) is 12.3 Å². The molecule has 0 radical (unpaired) electrons. The van der Waals surface area contributed by atoms with Gasteiger partial charge in [0.25, 0.3) is 0 Å². The Morgan fingerprint density at radius 1 is 1.32 bits per heavy atom. The first-order valence-electron chi connectivity index (χ1n) is 9.41. The molecule has 152 valence electrons. The Bertz CT molecular complexity index is 770. The molecule has 0 bridgehead atoms. The van der Waals surface area contributed by atoms with Crippen LogP contribution >= 0.6 is 0 Å². The van der Waals surface area contributed by atoms with Crippen molar-refractivity contribution in [2.45, 2.75) is 38.8 Å². The number of rotatable bonds is 7. The van der Waals surface area contributed by atoms with Crippen molar-refractivity contribution in [2.75, 3.05) is 26.9 Å². The molecule has 0 aromatic heterocycles. The molecule has 2 heterocycles. The Kier molecular flexibility index (Phi) is 6.41. The highest BCUT2D eigenvalue weighted by Crippen LogP contribution is 2.34. The lowest BCUT2D eigenvalue weighted by Crippen LogP contribution is -2.45. The number of hydrogen-bond donors (Lipinski definition) is 2. The lowest BCUT2D eigenvalue weighted by Gasteiger charge is -2.28. The number of methoxy groups -OCH3 is 1. The van der Waals surface area contributed by atoms with Gasteiger partial charge in [-0.1, -0.05) is 6.07 Å². The lowest BCUT2D eigenvalue weighted by molar-refractivity contribution is -0.142. The Balaban J connectivity index is 1.85. The molecule has 0 aliphatic carbocycles. The second-order valence-corrected chi connectivity index (χ2v) is 6.65. The Morgan fingerprint density at radius 2 is 2.14 bits per heavy atom. The van der Waals surface area contributed by atoms with E-state index in [0.717, 1.165) is 12.8 Å². The molecule has 0 unspecified atom stereocenters. The van der Waals surface area contributed by atoms with Crippen molar-refractivity contribution in [2.24, 2.45) is 0 Å². The molecule has 1 fully saturated rings. The second-order valence-electron chi connectivity index (χ2n) is 6.65. The van der Waals surface area contributed by atoms with Gasteiger partial charge in [-0.05, 0) is 44.4 Å². The summed E-state index contributed by atoms with van der Waals surface area (Å²) in [5.41, 5.74) is 1.50. The Labute approximate surface area is 164 Å². The van der Waals surface area contributed by atoms with Crippen LogP contribution in [-0.4, -0.2) is 45.0 Å². The number of allylic oxidation sites excluding steroid dienone is 1. The van der Waals surface area contributed by atoms with Crippen molar-refractivity contribution in [3.05, 3.63) is 35.0 Å². The Morgan fingerprint density at radius 3 is 2.82 bits per heavy atom. The number of carbonyl (C=O) groups is 2. The number of hydrogen-bond acceptors (Lipinski definition) is 6. The predicted octanol–water partition coefficient (Wildman–Crippen LogP) is 2.44. The van der Waals surface area contributed by atoms with Crippen LogP contribution in [0.5, 0.6) is 11.5 Å². The van der Waals surface area contributed by atoms with Crippen molar-refractivity contribution >= 4 is 12.0 Å². The zero-order chi connectivity index (χ0) is 20.1. The van der Waals surface area contributed by atoms with E-state index < -0.39 is 12.0 Å². The number of benzene rings is 1. The fraction of sp³-hybridized carbons (Fsp3) is 0.500. The zero-order valence-corrected chi connectivity index (χ0v) is 16.4. The van der Waals surface area contributed by atoms with E-state index in [-0.39, 0.29) is 18.7 Å². The smallest absolute Gasteiger partial charge is 0.338 e. The first kappa shape index (κ1) is 20.0. The molecule has 1 saturated heterocycles. The maximum Gasteiger partial charge on any atom is 0.338 e. The van der Waals surface area contributed by atoms with Crippen LogP contribution in [-0.2, 0) is 14.3 Å². The summed E-state index contributed by atoms with van der Waals surface area (Å²) in [5.74, 6) is 0.632. The number of esters is 1. The van der Waals surface area contributed by atoms with Gasteiger partial charge < -0.3 is 29.6 Å². The average molecular weight is 390 g/mol. The first-order chi connectivity index (χ1) is 13.5. The van der Waals surface area contributed by atoms with Crippen LogP contribution in [0.3, 0.4) is 0 Å². The predicted molar refractivity (Wildman–Crippen MR) is 101 cm³/mol. The molecule has 1 aromatic carbocycles. The monoisotopic (exact) mass is 390 g/mol. The minimum absolute atomic E-state index is 0.0694. The van der Waals surface area contributed by atoms with Gasteiger partial charge in [0.2, 0.25) is 0 Å². The van der Waals surface area contributed by atoms with Gasteiger partial charge in [-0.3, -0.25) is 0 Å². The van der Waals surface area contributed by atoms with E-state index in [1.165, 1.54) is 0 Å². The minimum Gasteiger partial charge on any atom is -0.493 e. The lowest BCUT2D eigenvalue weighted by atomic mass is 9.95. The van der Waals surface area contributed by atoms with Crippen LogP contribution in [0.1, 0.15) is 38.3 Å². The maximum absolute atomic E-state index is 12.8. The first-order valence-corrected chi connectivity index (χ1v) is 9.41. The van der Waals surface area contributed by atoms with Gasteiger partial charge in [-0.2, -0.15) is 0 Å². The van der Waals surface area contributed by atoms with Crippen LogP contribution < -0.4 is 20.1 Å². The van der Waals surface area contributed by atoms with E-state index in [1.807, 2.05) is 6.92 Å². The van der Waals surface area contributed by atoms with Crippen molar-refractivity contribution in [1.29, 1.82) is 0 Å². The van der Waals surface area contributed by atoms with Gasteiger partial charge in [0.1, 0.15) is 6.61 Å². The van der Waals surface area contributed by atoms with Gasteiger partial charge in [0.05, 0.1) is 31.4 Å². The minimum atomic E-state index is -0.657. The SMILES string of the molecule is CCOc1ccc([C@H]2NC(=O)NC(C)=C2C(=O)OC[C@@H]2CCCO2)cc1OC. The molecule has 28 heavy (non-hydrogen) atoms. The molecule has 2 amide bonds. The fourth-order valence-electron chi connectivity index (χ4n) is 3.38. The number of nitrogens with one attached hydrogen (secondary N) is 2. The molecular weight excluding hydrogens is 364 g/mol. The highest BCUT2D eigenvalue weighted by atomic mass is 16.6. The molecule has 8 nitrogen and oxygen atoms in total. The fourth-order valence-corrected chi connectivity index (χ4v) is 3.38. The summed E-state index contributed by atoms with van der Waals surface area (Å²) in [5, 5.41) is 5.43. The van der Waals surface area contributed by atoms with Crippen LogP contribution in [0, 0.1) is 0 Å². The van der Waals surface area contributed by atoms with E-state index in [0.29, 0.717) is 41.5 Å². The molecule has 2 aliphatic heterocycles. The molecule has 8 heteroatoms. The third-order valence-corrected chi connectivity index (χ3v) is 4.73. The van der Waals surface area contributed by atoms with E-state index in [1.54, 1.807) is 32.2 Å². The van der Waals surface area contributed by atoms with Crippen molar-refractivity contribution in [1.82, 2.24) is 10.6 Å². The number of urea groups is 1. The third-order valence-electron chi connectivity index (χ3n) is 4.73. The van der Waals surface area contributed by atoms with Crippen LogP contribution in [0.2, 0.25) is 0 Å². The third kappa shape index (κ3) is 4.39. The summed E-state index contributed by atoms with van der Waals surface area (Å²) >= 11 is 0. The second kappa shape index (κ2) is 8.97. The largest absolute Gasteiger partial charge is 0.493 e. The van der Waals surface area contributed by atoms with Crippen LogP contribution in [0.15, 0.2) is 29.5 Å². The molecule has 2 aliphatic rings. The quantitative estimate of drug-likeness (QED) is 0.695. The Hall–Kier alpha value is -2.74. The zero-order valence-electron chi connectivity index (χ0n) is 16.4. The highest BCUT2D eigenvalue weighted by Gasteiger charge is 2.33. The van der Waals surface area contributed by atoms with Crippen LogP contribution in [0.25, 0.3) is 0 Å². The van der Waals surface area contributed by atoms with Crippen molar-refractivity contribution in [3.63, 3.8) is 0 Å². The summed E-state index contributed by atoms with van der Waals surface area (Å²) in [7, 11) is 1.54. The summed E-state index contributed by atoms with van der Waals surface area (Å²) in [6.07, 6.45) is 1.77. The number of amides is 2. The van der Waals surface area contributed by atoms with E-state index in [9.17, 15) is 9.59 Å². The van der Waals surface area contributed by atoms with Crippen LogP contribution in [0.4, 0.5) is 4.79 Å².